The van der Waals surface area contributed by atoms with Gasteiger partial charge in [0.2, 0.25) is 0 Å². The molecule has 0 aliphatic carbocycles. The van der Waals surface area contributed by atoms with Gasteiger partial charge in [-0.25, -0.2) is 0 Å². The Balaban J connectivity index is 2.13. The molecule has 2 aliphatic heterocycles. The minimum atomic E-state index is -0.0382. The van der Waals surface area contributed by atoms with Crippen molar-refractivity contribution in [3.8, 4) is 0 Å². The Bertz CT molecular complexity index is 137. The van der Waals surface area contributed by atoms with Gasteiger partial charge in [0.15, 0.2) is 0 Å². The fourth-order valence-corrected chi connectivity index (χ4v) is 2.41. The van der Waals surface area contributed by atoms with Crippen LogP contribution in [0.25, 0.3) is 0 Å². The van der Waals surface area contributed by atoms with Crippen LogP contribution in [0.5, 0.6) is 0 Å². The van der Waals surface area contributed by atoms with Crippen LogP contribution in [0.3, 0.4) is 0 Å². The highest BCUT2D eigenvalue weighted by atomic mass is 16.3. The van der Waals surface area contributed by atoms with E-state index >= 15 is 0 Å². The highest BCUT2D eigenvalue weighted by Gasteiger charge is 2.38. The van der Waals surface area contributed by atoms with E-state index in [1.165, 1.54) is 19.3 Å². The molecular formula is C8H15NO. The first kappa shape index (κ1) is 6.62. The summed E-state index contributed by atoms with van der Waals surface area (Å²) in [4.78, 5) is 2.36. The second-order valence-corrected chi connectivity index (χ2v) is 3.61. The predicted molar refractivity (Wildman–Crippen MR) is 39.8 cm³/mol. The zero-order chi connectivity index (χ0) is 7.14. The molecule has 2 aliphatic rings. The van der Waals surface area contributed by atoms with Gasteiger partial charge in [0.05, 0.1) is 6.10 Å². The number of aliphatic hydroxyl groups is 1. The van der Waals surface area contributed by atoms with Crippen molar-refractivity contribution in [2.24, 2.45) is 0 Å². The minimum absolute atomic E-state index is 0.0382. The lowest BCUT2D eigenvalue weighted by atomic mass is 10.0. The molecule has 0 spiro atoms. The third-order valence-corrected chi connectivity index (χ3v) is 3.13. The third-order valence-electron chi connectivity index (χ3n) is 3.13. The summed E-state index contributed by atoms with van der Waals surface area (Å²) in [6, 6.07) is 1.27. The summed E-state index contributed by atoms with van der Waals surface area (Å²) >= 11 is 0. The van der Waals surface area contributed by atoms with Crippen molar-refractivity contribution in [3.63, 3.8) is 0 Å². The van der Waals surface area contributed by atoms with Crippen LogP contribution in [0.4, 0.5) is 0 Å². The Morgan fingerprint density at radius 3 is 2.60 bits per heavy atom. The van der Waals surface area contributed by atoms with E-state index in [-0.39, 0.29) is 6.10 Å². The first-order valence-corrected chi connectivity index (χ1v) is 4.19. The zero-order valence-corrected chi connectivity index (χ0v) is 6.45. The monoisotopic (exact) mass is 141 g/mol. The molecule has 1 unspecified atom stereocenters. The van der Waals surface area contributed by atoms with Crippen LogP contribution >= 0.6 is 0 Å². The standard InChI is InChI=1S/C8H15NO/c1-9-6-2-4-7(9)8(10)5-3-6/h6-8,10H,2-5H2,1H3/t6-,7+,8?/m0/s1. The predicted octanol–water partition coefficient (Wildman–Crippen LogP) is 0.604. The highest BCUT2D eigenvalue weighted by Crippen LogP contribution is 2.33. The summed E-state index contributed by atoms with van der Waals surface area (Å²) in [7, 11) is 2.14. The van der Waals surface area contributed by atoms with E-state index in [0.29, 0.717) is 6.04 Å². The van der Waals surface area contributed by atoms with Crippen molar-refractivity contribution >= 4 is 0 Å². The summed E-state index contributed by atoms with van der Waals surface area (Å²) in [6.45, 7) is 0. The van der Waals surface area contributed by atoms with Gasteiger partial charge in [0, 0.05) is 12.1 Å². The second-order valence-electron chi connectivity index (χ2n) is 3.61. The average molecular weight is 141 g/mol. The smallest absolute Gasteiger partial charge is 0.0696 e. The maximum absolute atomic E-state index is 9.52. The molecule has 1 N–H and O–H groups in total. The third kappa shape index (κ3) is 0.789. The van der Waals surface area contributed by atoms with E-state index in [9.17, 15) is 5.11 Å². The fraction of sp³-hybridized carbons (Fsp3) is 1.00. The fourth-order valence-electron chi connectivity index (χ4n) is 2.41. The molecule has 0 aromatic rings. The van der Waals surface area contributed by atoms with Crippen LogP contribution in [0.15, 0.2) is 0 Å². The number of piperidine rings is 1. The van der Waals surface area contributed by atoms with Gasteiger partial charge in [-0.2, -0.15) is 0 Å². The Labute approximate surface area is 61.8 Å². The summed E-state index contributed by atoms with van der Waals surface area (Å²) in [5.41, 5.74) is 0. The van der Waals surface area contributed by atoms with E-state index in [0.717, 1.165) is 12.5 Å². The maximum Gasteiger partial charge on any atom is 0.0696 e. The normalized spacial score (nSPS) is 48.0. The lowest BCUT2D eigenvalue weighted by Gasteiger charge is -2.34. The molecule has 58 valence electrons. The molecule has 2 heteroatoms. The van der Waals surface area contributed by atoms with Crippen LogP contribution in [-0.4, -0.2) is 35.2 Å². The van der Waals surface area contributed by atoms with Gasteiger partial charge in [0.25, 0.3) is 0 Å². The lowest BCUT2D eigenvalue weighted by molar-refractivity contribution is 0.0294. The molecule has 2 bridgehead atoms. The Morgan fingerprint density at radius 2 is 1.90 bits per heavy atom. The molecule has 3 atom stereocenters. The molecule has 0 aromatic heterocycles. The molecule has 2 fully saturated rings. The maximum atomic E-state index is 9.52. The van der Waals surface area contributed by atoms with Gasteiger partial charge in [-0.15, -0.1) is 0 Å². The molecule has 0 amide bonds. The van der Waals surface area contributed by atoms with Gasteiger partial charge in [0.1, 0.15) is 0 Å². The summed E-state index contributed by atoms with van der Waals surface area (Å²) in [6.07, 6.45) is 4.71. The van der Waals surface area contributed by atoms with Crippen molar-refractivity contribution in [3.05, 3.63) is 0 Å². The largest absolute Gasteiger partial charge is 0.391 e. The van der Waals surface area contributed by atoms with E-state index < -0.39 is 0 Å². The van der Waals surface area contributed by atoms with Crippen molar-refractivity contribution in [2.75, 3.05) is 7.05 Å². The number of hydrogen-bond donors (Lipinski definition) is 1. The number of likely N-dealkylation sites (N-methyl/N-ethyl adjacent to an activating group) is 1. The van der Waals surface area contributed by atoms with Crippen molar-refractivity contribution in [1.82, 2.24) is 4.90 Å². The average Bonchev–Trinajstić information content (AvgIpc) is 2.13. The summed E-state index contributed by atoms with van der Waals surface area (Å²) in [5, 5.41) is 9.52. The number of nitrogens with zero attached hydrogens (tertiary/aromatic N) is 1. The van der Waals surface area contributed by atoms with Gasteiger partial charge >= 0.3 is 0 Å². The zero-order valence-electron chi connectivity index (χ0n) is 6.45. The van der Waals surface area contributed by atoms with Crippen LogP contribution < -0.4 is 0 Å². The van der Waals surface area contributed by atoms with Gasteiger partial charge in [-0.05, 0) is 32.7 Å². The van der Waals surface area contributed by atoms with Crippen LogP contribution in [-0.2, 0) is 0 Å². The van der Waals surface area contributed by atoms with Crippen molar-refractivity contribution < 1.29 is 5.11 Å². The van der Waals surface area contributed by atoms with Crippen LogP contribution in [0, 0.1) is 0 Å². The lowest BCUT2D eigenvalue weighted by Crippen LogP contribution is -2.44. The van der Waals surface area contributed by atoms with Gasteiger partial charge in [-0.1, -0.05) is 0 Å². The molecule has 2 rings (SSSR count). The highest BCUT2D eigenvalue weighted by molar-refractivity contribution is 4.94. The molecular weight excluding hydrogens is 126 g/mol. The number of hydrogen-bond acceptors (Lipinski definition) is 2. The minimum Gasteiger partial charge on any atom is -0.391 e. The topological polar surface area (TPSA) is 23.5 Å². The number of rotatable bonds is 0. The molecule has 2 saturated heterocycles. The first-order valence-electron chi connectivity index (χ1n) is 4.19. The van der Waals surface area contributed by atoms with E-state index in [1.807, 2.05) is 0 Å². The van der Waals surface area contributed by atoms with Gasteiger partial charge < -0.3 is 5.11 Å². The summed E-state index contributed by atoms with van der Waals surface area (Å²) < 4.78 is 0. The number of fused-ring (bicyclic) bond motifs is 2. The molecule has 0 saturated carbocycles. The van der Waals surface area contributed by atoms with Crippen molar-refractivity contribution in [2.45, 2.75) is 43.9 Å². The molecule has 10 heavy (non-hydrogen) atoms. The van der Waals surface area contributed by atoms with Crippen molar-refractivity contribution in [1.29, 1.82) is 0 Å². The van der Waals surface area contributed by atoms with E-state index in [2.05, 4.69) is 11.9 Å². The molecule has 2 nitrogen and oxygen atoms in total. The number of aliphatic hydroxyl groups excluding tert-OH is 1. The first-order chi connectivity index (χ1) is 4.79. The van der Waals surface area contributed by atoms with Gasteiger partial charge in [-0.3, -0.25) is 4.90 Å². The SMILES string of the molecule is CN1[C@@H]2CCC(O)[C@H]1CC2. The van der Waals surface area contributed by atoms with Crippen LogP contribution in [0.2, 0.25) is 0 Å². The quantitative estimate of drug-likeness (QED) is 0.534. The second kappa shape index (κ2) is 2.21. The molecule has 0 radical (unpaired) electrons. The summed E-state index contributed by atoms with van der Waals surface area (Å²) in [5.74, 6) is 0. The Morgan fingerprint density at radius 1 is 1.20 bits per heavy atom. The van der Waals surface area contributed by atoms with E-state index in [4.69, 9.17) is 0 Å². The van der Waals surface area contributed by atoms with Crippen LogP contribution in [0.1, 0.15) is 25.7 Å². The Kier molecular flexibility index (Phi) is 1.46. The van der Waals surface area contributed by atoms with E-state index in [1.54, 1.807) is 0 Å². The molecule has 2 heterocycles. The molecule has 0 aromatic carbocycles. The Hall–Kier alpha value is -0.0800.